The van der Waals surface area contributed by atoms with Crippen LogP contribution in [0, 0.1) is 5.92 Å². The standard InChI is InChI=1S/C20H19N5OS2/c1-12(2)10-17-23-24-19(28-17)22-20-25(3)18(26)16(27-20)11-14-9-8-13-6-4-5-7-15(13)21-14/h4-9,11-12H,10H2,1-3H3/b16-11-,22-20?. The largest absolute Gasteiger partial charge is 0.289 e. The van der Waals surface area contributed by atoms with Gasteiger partial charge >= 0.3 is 0 Å². The van der Waals surface area contributed by atoms with Crippen molar-refractivity contribution in [2.75, 3.05) is 7.05 Å². The van der Waals surface area contributed by atoms with Crippen LogP contribution in [0.4, 0.5) is 5.13 Å². The number of nitrogens with zero attached hydrogens (tertiary/aromatic N) is 5. The van der Waals surface area contributed by atoms with Crippen molar-refractivity contribution < 1.29 is 4.79 Å². The number of para-hydroxylation sites is 1. The second kappa shape index (κ2) is 7.81. The first-order valence-corrected chi connectivity index (χ1v) is 10.6. The Morgan fingerprint density at radius 1 is 1.18 bits per heavy atom. The molecule has 4 rings (SSSR count). The highest BCUT2D eigenvalue weighted by Crippen LogP contribution is 2.33. The van der Waals surface area contributed by atoms with E-state index in [1.807, 2.05) is 42.5 Å². The number of hydrogen-bond donors (Lipinski definition) is 0. The first-order valence-electron chi connectivity index (χ1n) is 8.94. The second-order valence-electron chi connectivity index (χ2n) is 6.87. The van der Waals surface area contributed by atoms with Crippen molar-refractivity contribution in [2.45, 2.75) is 20.3 Å². The molecule has 0 aliphatic carbocycles. The van der Waals surface area contributed by atoms with Crippen LogP contribution >= 0.6 is 23.1 Å². The van der Waals surface area contributed by atoms with E-state index in [-0.39, 0.29) is 5.91 Å². The molecule has 0 N–H and O–H groups in total. The molecule has 1 aromatic carbocycles. The maximum absolute atomic E-state index is 12.6. The van der Waals surface area contributed by atoms with Crippen LogP contribution in [0.5, 0.6) is 0 Å². The Morgan fingerprint density at radius 3 is 2.82 bits per heavy atom. The molecule has 0 unspecified atom stereocenters. The highest BCUT2D eigenvalue weighted by atomic mass is 32.2. The fraction of sp³-hybridized carbons (Fsp3) is 0.250. The molecule has 28 heavy (non-hydrogen) atoms. The Labute approximate surface area is 171 Å². The number of amidine groups is 1. The van der Waals surface area contributed by atoms with E-state index in [1.165, 1.54) is 23.1 Å². The third-order valence-electron chi connectivity index (χ3n) is 4.13. The molecular formula is C20H19N5OS2. The van der Waals surface area contributed by atoms with Gasteiger partial charge in [0.2, 0.25) is 5.13 Å². The predicted octanol–water partition coefficient (Wildman–Crippen LogP) is 4.52. The highest BCUT2D eigenvalue weighted by molar-refractivity contribution is 8.18. The third-order valence-corrected chi connectivity index (χ3v) is 6.03. The zero-order chi connectivity index (χ0) is 19.7. The van der Waals surface area contributed by atoms with E-state index in [1.54, 1.807) is 11.9 Å². The highest BCUT2D eigenvalue weighted by Gasteiger charge is 2.31. The van der Waals surface area contributed by atoms with Crippen molar-refractivity contribution in [1.29, 1.82) is 0 Å². The maximum Gasteiger partial charge on any atom is 0.266 e. The molecule has 1 amide bonds. The molecule has 0 saturated carbocycles. The number of likely N-dealkylation sites (N-methyl/N-ethyl adjacent to an activating group) is 1. The SMILES string of the molecule is CC(C)Cc1nnc(N=C2S/C(=C\c3ccc4ccccc4n3)C(=O)N2C)s1. The van der Waals surface area contributed by atoms with E-state index in [2.05, 4.69) is 34.0 Å². The number of hydrogen-bond acceptors (Lipinski definition) is 7. The number of pyridine rings is 1. The molecule has 0 bridgehead atoms. The van der Waals surface area contributed by atoms with Crippen LogP contribution in [0.3, 0.4) is 0 Å². The van der Waals surface area contributed by atoms with Gasteiger partial charge in [-0.1, -0.05) is 49.4 Å². The van der Waals surface area contributed by atoms with E-state index in [0.29, 0.717) is 21.1 Å². The molecule has 0 spiro atoms. The summed E-state index contributed by atoms with van der Waals surface area (Å²) in [7, 11) is 1.72. The number of carbonyl (C=O) groups is 1. The second-order valence-corrected chi connectivity index (χ2v) is 8.92. The first-order chi connectivity index (χ1) is 13.5. The summed E-state index contributed by atoms with van der Waals surface area (Å²) >= 11 is 2.80. The van der Waals surface area contributed by atoms with Gasteiger partial charge in [0.15, 0.2) is 5.17 Å². The smallest absolute Gasteiger partial charge is 0.266 e. The molecule has 1 aliphatic rings. The van der Waals surface area contributed by atoms with Gasteiger partial charge in [0.1, 0.15) is 5.01 Å². The lowest BCUT2D eigenvalue weighted by Gasteiger charge is -2.05. The molecule has 1 fully saturated rings. The average molecular weight is 410 g/mol. The third kappa shape index (κ3) is 3.98. The summed E-state index contributed by atoms with van der Waals surface area (Å²) in [6.45, 7) is 4.29. The topological polar surface area (TPSA) is 71.3 Å². The van der Waals surface area contributed by atoms with E-state index < -0.39 is 0 Å². The Bertz CT molecular complexity index is 1100. The minimum Gasteiger partial charge on any atom is -0.289 e. The van der Waals surface area contributed by atoms with Crippen molar-refractivity contribution in [3.8, 4) is 0 Å². The number of aromatic nitrogens is 3. The summed E-state index contributed by atoms with van der Waals surface area (Å²) in [6, 6.07) is 11.8. The van der Waals surface area contributed by atoms with Crippen LogP contribution in [0.2, 0.25) is 0 Å². The molecule has 142 valence electrons. The van der Waals surface area contributed by atoms with Crippen molar-refractivity contribution in [1.82, 2.24) is 20.1 Å². The summed E-state index contributed by atoms with van der Waals surface area (Å²) < 4.78 is 0. The minimum atomic E-state index is -0.0920. The molecule has 2 aromatic heterocycles. The number of benzene rings is 1. The summed E-state index contributed by atoms with van der Waals surface area (Å²) in [5, 5.41) is 11.5. The van der Waals surface area contributed by atoms with Gasteiger partial charge < -0.3 is 0 Å². The first kappa shape index (κ1) is 18.8. The maximum atomic E-state index is 12.6. The Hall–Kier alpha value is -2.58. The predicted molar refractivity (Wildman–Crippen MR) is 116 cm³/mol. The van der Waals surface area contributed by atoms with Crippen LogP contribution < -0.4 is 0 Å². The summed E-state index contributed by atoms with van der Waals surface area (Å²) in [4.78, 5) is 23.9. The van der Waals surface area contributed by atoms with Gasteiger partial charge in [-0.25, -0.2) is 4.98 Å². The normalized spacial score (nSPS) is 17.6. The van der Waals surface area contributed by atoms with Crippen LogP contribution in [-0.4, -0.2) is 38.2 Å². The van der Waals surface area contributed by atoms with Crippen molar-refractivity contribution >= 4 is 56.3 Å². The quantitative estimate of drug-likeness (QED) is 0.593. The molecule has 0 radical (unpaired) electrons. The van der Waals surface area contributed by atoms with E-state index in [4.69, 9.17) is 0 Å². The Balaban J connectivity index is 1.59. The molecule has 6 nitrogen and oxygen atoms in total. The molecule has 3 aromatic rings. The Kier molecular flexibility index (Phi) is 5.23. The zero-order valence-electron chi connectivity index (χ0n) is 15.8. The lowest BCUT2D eigenvalue weighted by molar-refractivity contribution is -0.121. The fourth-order valence-corrected chi connectivity index (χ4v) is 4.68. The van der Waals surface area contributed by atoms with Gasteiger partial charge in [-0.3, -0.25) is 9.69 Å². The van der Waals surface area contributed by atoms with Gasteiger partial charge in [0.05, 0.1) is 16.1 Å². The van der Waals surface area contributed by atoms with Crippen LogP contribution in [-0.2, 0) is 11.2 Å². The molecule has 1 saturated heterocycles. The Morgan fingerprint density at radius 2 is 2.00 bits per heavy atom. The van der Waals surface area contributed by atoms with Crippen molar-refractivity contribution in [3.05, 3.63) is 52.0 Å². The number of aliphatic imine (C=N–C) groups is 1. The number of amides is 1. The molecule has 0 atom stereocenters. The number of thioether (sulfide) groups is 1. The molecule has 3 heterocycles. The van der Waals surface area contributed by atoms with Gasteiger partial charge in [-0.2, -0.15) is 4.99 Å². The zero-order valence-corrected chi connectivity index (χ0v) is 17.4. The van der Waals surface area contributed by atoms with Gasteiger partial charge in [-0.15, -0.1) is 10.2 Å². The summed E-state index contributed by atoms with van der Waals surface area (Å²) in [6.07, 6.45) is 2.69. The molecule has 8 heteroatoms. The van der Waals surface area contributed by atoms with Gasteiger partial charge in [0, 0.05) is 18.9 Å². The van der Waals surface area contributed by atoms with Gasteiger partial charge in [0.25, 0.3) is 5.91 Å². The minimum absolute atomic E-state index is 0.0920. The van der Waals surface area contributed by atoms with Crippen molar-refractivity contribution in [2.24, 2.45) is 10.9 Å². The summed E-state index contributed by atoms with van der Waals surface area (Å²) in [5.74, 6) is 0.424. The fourth-order valence-electron chi connectivity index (χ4n) is 2.75. The van der Waals surface area contributed by atoms with E-state index in [0.717, 1.165) is 28.0 Å². The van der Waals surface area contributed by atoms with E-state index >= 15 is 0 Å². The number of rotatable bonds is 4. The van der Waals surface area contributed by atoms with Crippen LogP contribution in [0.15, 0.2) is 46.3 Å². The number of fused-ring (bicyclic) bond motifs is 1. The monoisotopic (exact) mass is 409 g/mol. The lowest BCUT2D eigenvalue weighted by atomic mass is 10.1. The lowest BCUT2D eigenvalue weighted by Crippen LogP contribution is -2.23. The van der Waals surface area contributed by atoms with Crippen molar-refractivity contribution in [3.63, 3.8) is 0 Å². The summed E-state index contributed by atoms with van der Waals surface area (Å²) in [5.41, 5.74) is 1.65. The molecular weight excluding hydrogens is 390 g/mol. The van der Waals surface area contributed by atoms with E-state index in [9.17, 15) is 4.79 Å². The van der Waals surface area contributed by atoms with Crippen LogP contribution in [0.25, 0.3) is 17.0 Å². The van der Waals surface area contributed by atoms with Gasteiger partial charge in [-0.05, 0) is 35.9 Å². The molecule has 1 aliphatic heterocycles. The average Bonchev–Trinajstić information content (AvgIpc) is 3.21. The van der Waals surface area contributed by atoms with Crippen LogP contribution in [0.1, 0.15) is 24.5 Å². The number of carbonyl (C=O) groups excluding carboxylic acids is 1.